The average Bonchev–Trinajstić information content (AvgIpc) is 2.75. The average molecular weight is 482 g/mol. The van der Waals surface area contributed by atoms with Crippen LogP contribution in [-0.2, 0) is 20.9 Å². The lowest BCUT2D eigenvalue weighted by molar-refractivity contribution is -0.142. The van der Waals surface area contributed by atoms with Crippen molar-refractivity contribution in [2.24, 2.45) is 0 Å². The van der Waals surface area contributed by atoms with Crippen molar-refractivity contribution in [3.63, 3.8) is 0 Å². The van der Waals surface area contributed by atoms with Gasteiger partial charge in [0.05, 0.1) is 0 Å². The van der Waals surface area contributed by atoms with Crippen molar-refractivity contribution in [2.45, 2.75) is 79.1 Å². The maximum atomic E-state index is 13.6. The van der Waals surface area contributed by atoms with Crippen molar-refractivity contribution in [3.8, 4) is 0 Å². The van der Waals surface area contributed by atoms with Crippen LogP contribution >= 0.6 is 0 Å². The van der Waals surface area contributed by atoms with Gasteiger partial charge in [-0.25, -0.2) is 4.79 Å². The number of alkyl carbamates (subject to hydrolysis) is 1. The van der Waals surface area contributed by atoms with Gasteiger partial charge in [-0.1, -0.05) is 66.6 Å². The highest BCUT2D eigenvalue weighted by molar-refractivity contribution is 5.92. The van der Waals surface area contributed by atoms with E-state index in [1.807, 2.05) is 69.3 Å². The third-order valence-electron chi connectivity index (χ3n) is 5.28. The Kier molecular flexibility index (Phi) is 9.87. The van der Waals surface area contributed by atoms with Crippen LogP contribution in [-0.4, -0.2) is 41.0 Å². The summed E-state index contributed by atoms with van der Waals surface area (Å²) in [6.07, 6.45) is -0.0238. The van der Waals surface area contributed by atoms with Gasteiger partial charge in [0, 0.05) is 13.1 Å². The molecule has 0 fully saturated rings. The van der Waals surface area contributed by atoms with Crippen LogP contribution in [0.1, 0.15) is 69.3 Å². The molecular formula is C28H39N3O4. The Morgan fingerprint density at radius 1 is 1.00 bits per heavy atom. The van der Waals surface area contributed by atoms with Gasteiger partial charge in [0.25, 0.3) is 0 Å². The van der Waals surface area contributed by atoms with Gasteiger partial charge in [0.1, 0.15) is 17.7 Å². The second-order valence-electron chi connectivity index (χ2n) is 9.93. The van der Waals surface area contributed by atoms with Crippen molar-refractivity contribution in [2.75, 3.05) is 6.54 Å². The van der Waals surface area contributed by atoms with Crippen molar-refractivity contribution in [3.05, 3.63) is 70.8 Å². The van der Waals surface area contributed by atoms with Crippen molar-refractivity contribution in [1.82, 2.24) is 15.5 Å². The zero-order valence-electron chi connectivity index (χ0n) is 22.0. The van der Waals surface area contributed by atoms with Gasteiger partial charge < -0.3 is 20.3 Å². The summed E-state index contributed by atoms with van der Waals surface area (Å²) in [5.41, 5.74) is 3.02. The van der Waals surface area contributed by atoms with Crippen LogP contribution in [0.25, 0.3) is 0 Å². The maximum absolute atomic E-state index is 13.6. The van der Waals surface area contributed by atoms with E-state index in [-0.39, 0.29) is 11.8 Å². The summed E-state index contributed by atoms with van der Waals surface area (Å²) in [7, 11) is 0. The molecule has 190 valence electrons. The van der Waals surface area contributed by atoms with E-state index in [2.05, 4.69) is 10.6 Å². The third-order valence-corrected chi connectivity index (χ3v) is 5.28. The van der Waals surface area contributed by atoms with E-state index in [9.17, 15) is 14.4 Å². The van der Waals surface area contributed by atoms with E-state index >= 15 is 0 Å². The minimum absolute atomic E-state index is 0.273. The third kappa shape index (κ3) is 8.74. The van der Waals surface area contributed by atoms with Crippen LogP contribution in [0.2, 0.25) is 0 Å². The normalized spacial score (nSPS) is 12.9. The first-order valence-corrected chi connectivity index (χ1v) is 12.1. The monoisotopic (exact) mass is 481 g/mol. The molecule has 0 aliphatic rings. The number of nitrogens with zero attached hydrogens (tertiary/aromatic N) is 1. The van der Waals surface area contributed by atoms with E-state index in [1.54, 1.807) is 32.6 Å². The van der Waals surface area contributed by atoms with E-state index in [0.717, 1.165) is 22.3 Å². The van der Waals surface area contributed by atoms with Crippen LogP contribution in [0.3, 0.4) is 0 Å². The maximum Gasteiger partial charge on any atom is 0.408 e. The minimum atomic E-state index is -0.869. The number of nitrogens with one attached hydrogen (secondary N) is 2. The molecule has 7 heteroatoms. The molecule has 35 heavy (non-hydrogen) atoms. The van der Waals surface area contributed by atoms with Crippen LogP contribution in [0.15, 0.2) is 48.5 Å². The molecule has 7 nitrogen and oxygen atoms in total. The molecule has 0 aliphatic heterocycles. The Bertz CT molecular complexity index is 994. The predicted molar refractivity (Wildman–Crippen MR) is 138 cm³/mol. The highest BCUT2D eigenvalue weighted by Crippen LogP contribution is 2.25. The van der Waals surface area contributed by atoms with Crippen LogP contribution in [0.5, 0.6) is 0 Å². The SMILES string of the molecule is CCCN(C(=O)C(C)NC(=O)OC(C)(C)C)C(C(=O)NCc1ccccc1)c1cc(C)cc(C)c1. The number of carbonyl (C=O) groups is 3. The van der Waals surface area contributed by atoms with Gasteiger partial charge in [0.2, 0.25) is 11.8 Å². The Morgan fingerprint density at radius 2 is 1.60 bits per heavy atom. The summed E-state index contributed by atoms with van der Waals surface area (Å²) in [6.45, 7) is 13.5. The van der Waals surface area contributed by atoms with Gasteiger partial charge in [-0.3, -0.25) is 9.59 Å². The van der Waals surface area contributed by atoms with E-state index in [1.165, 1.54) is 0 Å². The molecular weight excluding hydrogens is 442 g/mol. The number of hydrogen-bond donors (Lipinski definition) is 2. The summed E-state index contributed by atoms with van der Waals surface area (Å²) in [5, 5.41) is 5.61. The van der Waals surface area contributed by atoms with E-state index in [4.69, 9.17) is 4.74 Å². The quantitative estimate of drug-likeness (QED) is 0.538. The second kappa shape index (κ2) is 12.4. The molecule has 2 atom stereocenters. The lowest BCUT2D eigenvalue weighted by Crippen LogP contribution is -2.52. The molecule has 2 unspecified atom stereocenters. The molecule has 0 aromatic heterocycles. The Hall–Kier alpha value is -3.35. The number of rotatable bonds is 9. The molecule has 3 amide bonds. The highest BCUT2D eigenvalue weighted by Gasteiger charge is 2.34. The molecule has 2 aromatic rings. The van der Waals surface area contributed by atoms with Crippen LogP contribution in [0.4, 0.5) is 4.79 Å². The summed E-state index contributed by atoms with van der Waals surface area (Å²) >= 11 is 0. The molecule has 0 spiro atoms. The smallest absolute Gasteiger partial charge is 0.408 e. The van der Waals surface area contributed by atoms with E-state index < -0.39 is 23.8 Å². The van der Waals surface area contributed by atoms with Gasteiger partial charge >= 0.3 is 6.09 Å². The lowest BCUT2D eigenvalue weighted by Gasteiger charge is -2.33. The number of aryl methyl sites for hydroxylation is 2. The van der Waals surface area contributed by atoms with Crippen molar-refractivity contribution >= 4 is 17.9 Å². The number of amides is 3. The lowest BCUT2D eigenvalue weighted by atomic mass is 9.98. The molecule has 0 heterocycles. The van der Waals surface area contributed by atoms with Gasteiger partial charge in [0.15, 0.2) is 0 Å². The van der Waals surface area contributed by atoms with Gasteiger partial charge in [-0.05, 0) is 59.1 Å². The topological polar surface area (TPSA) is 87.7 Å². The largest absolute Gasteiger partial charge is 0.444 e. The summed E-state index contributed by atoms with van der Waals surface area (Å²) in [6, 6.07) is 13.8. The Balaban J connectivity index is 2.36. The molecule has 2 N–H and O–H groups in total. The molecule has 2 rings (SSSR count). The van der Waals surface area contributed by atoms with Gasteiger partial charge in [-0.2, -0.15) is 0 Å². The molecule has 0 saturated carbocycles. The fraction of sp³-hybridized carbons (Fsp3) is 0.464. The Morgan fingerprint density at radius 3 is 2.14 bits per heavy atom. The summed E-state index contributed by atoms with van der Waals surface area (Å²) in [5.74, 6) is -0.623. The van der Waals surface area contributed by atoms with Crippen LogP contribution in [0, 0.1) is 13.8 Å². The number of carbonyl (C=O) groups excluding carboxylic acids is 3. The van der Waals surface area contributed by atoms with Crippen LogP contribution < -0.4 is 10.6 Å². The first-order chi connectivity index (χ1) is 16.4. The number of benzene rings is 2. The van der Waals surface area contributed by atoms with Gasteiger partial charge in [-0.15, -0.1) is 0 Å². The zero-order chi connectivity index (χ0) is 26.2. The first-order valence-electron chi connectivity index (χ1n) is 12.1. The molecule has 0 saturated heterocycles. The minimum Gasteiger partial charge on any atom is -0.444 e. The van der Waals surface area contributed by atoms with E-state index in [0.29, 0.717) is 19.5 Å². The molecule has 2 aromatic carbocycles. The second-order valence-corrected chi connectivity index (χ2v) is 9.93. The highest BCUT2D eigenvalue weighted by atomic mass is 16.6. The standard InChI is InChI=1S/C28H39N3O4/c1-8-14-31(26(33)21(4)30-27(34)35-28(5,6)7)24(23-16-19(2)15-20(3)17-23)25(32)29-18-22-12-10-9-11-13-22/h9-13,15-17,21,24H,8,14,18H2,1-7H3,(H,29,32)(H,30,34). The molecule has 0 radical (unpaired) electrons. The number of ether oxygens (including phenoxy) is 1. The van der Waals surface area contributed by atoms with Crippen molar-refractivity contribution < 1.29 is 19.1 Å². The fourth-order valence-electron chi connectivity index (χ4n) is 3.92. The summed E-state index contributed by atoms with van der Waals surface area (Å²) < 4.78 is 5.31. The molecule has 0 aliphatic carbocycles. The first kappa shape index (κ1) is 27.9. The summed E-state index contributed by atoms with van der Waals surface area (Å²) in [4.78, 5) is 41.0. The number of hydrogen-bond acceptors (Lipinski definition) is 4. The predicted octanol–water partition coefficient (Wildman–Crippen LogP) is 4.81. The molecule has 0 bridgehead atoms. The Labute approximate surface area is 209 Å². The zero-order valence-corrected chi connectivity index (χ0v) is 22.0. The fourth-order valence-corrected chi connectivity index (χ4v) is 3.92. The van der Waals surface area contributed by atoms with Crippen molar-refractivity contribution in [1.29, 1.82) is 0 Å².